The minimum absolute atomic E-state index is 0.0348. The Balaban J connectivity index is 2.08. The van der Waals surface area contributed by atoms with Crippen LogP contribution in [0.25, 0.3) is 0 Å². The largest absolute Gasteiger partial charge is 0.483 e. The number of para-hydroxylation sites is 2. The van der Waals surface area contributed by atoms with Crippen LogP contribution in [-0.4, -0.2) is 18.6 Å². The van der Waals surface area contributed by atoms with Crippen molar-refractivity contribution in [1.29, 1.82) is 0 Å². The zero-order chi connectivity index (χ0) is 15.2. The van der Waals surface area contributed by atoms with E-state index in [0.29, 0.717) is 0 Å². The molecule has 0 atom stereocenters. The summed E-state index contributed by atoms with van der Waals surface area (Å²) in [5, 5.41) is 0. The van der Waals surface area contributed by atoms with Gasteiger partial charge >= 0.3 is 0 Å². The van der Waals surface area contributed by atoms with Gasteiger partial charge in [0.1, 0.15) is 5.75 Å². The molecule has 110 valence electrons. The minimum atomic E-state index is -0.0455. The van der Waals surface area contributed by atoms with Crippen LogP contribution in [-0.2, 0) is 4.79 Å². The van der Waals surface area contributed by atoms with Gasteiger partial charge in [-0.25, -0.2) is 0 Å². The van der Waals surface area contributed by atoms with Crippen LogP contribution in [0, 0.1) is 3.57 Å². The maximum Gasteiger partial charge on any atom is 0.265 e. The lowest BCUT2D eigenvalue weighted by molar-refractivity contribution is -0.120. The molecule has 0 aliphatic rings. The molecule has 0 aliphatic carbocycles. The third-order valence-electron chi connectivity index (χ3n) is 3.01. The highest BCUT2D eigenvalue weighted by atomic mass is 127. The Hall–Kier alpha value is -1.56. The number of amides is 1. The van der Waals surface area contributed by atoms with E-state index in [1.807, 2.05) is 68.4 Å². The molecule has 0 aromatic heterocycles. The maximum absolute atomic E-state index is 12.5. The molecule has 0 radical (unpaired) electrons. The van der Waals surface area contributed by atoms with Gasteiger partial charge in [0.15, 0.2) is 6.61 Å². The van der Waals surface area contributed by atoms with Gasteiger partial charge in [-0.2, -0.15) is 0 Å². The average Bonchev–Trinajstić information content (AvgIpc) is 2.47. The van der Waals surface area contributed by atoms with E-state index in [9.17, 15) is 4.79 Å². The van der Waals surface area contributed by atoms with Crippen molar-refractivity contribution in [2.45, 2.75) is 19.9 Å². The van der Waals surface area contributed by atoms with E-state index in [1.54, 1.807) is 4.90 Å². The van der Waals surface area contributed by atoms with E-state index in [0.717, 1.165) is 15.0 Å². The van der Waals surface area contributed by atoms with Crippen molar-refractivity contribution in [2.75, 3.05) is 11.5 Å². The van der Waals surface area contributed by atoms with E-state index in [1.165, 1.54) is 0 Å². The molecule has 4 heteroatoms. The average molecular weight is 395 g/mol. The summed E-state index contributed by atoms with van der Waals surface area (Å²) >= 11 is 2.20. The molecular formula is C17H18INO2. The quantitative estimate of drug-likeness (QED) is 0.714. The molecule has 3 nitrogen and oxygen atoms in total. The molecule has 0 aliphatic heterocycles. The summed E-state index contributed by atoms with van der Waals surface area (Å²) in [6.07, 6.45) is 0. The van der Waals surface area contributed by atoms with Crippen molar-refractivity contribution >= 4 is 34.2 Å². The van der Waals surface area contributed by atoms with Crippen LogP contribution in [0.15, 0.2) is 54.6 Å². The standard InChI is InChI=1S/C17H18INO2/c1-13(2)19(14-8-4-3-5-9-14)17(20)12-21-16-11-7-6-10-15(16)18/h3-11,13H,12H2,1-2H3. The van der Waals surface area contributed by atoms with Gasteiger partial charge in [0.25, 0.3) is 5.91 Å². The number of hydrogen-bond donors (Lipinski definition) is 0. The molecule has 2 aromatic carbocycles. The normalized spacial score (nSPS) is 10.5. The van der Waals surface area contributed by atoms with E-state index in [4.69, 9.17) is 4.74 Å². The summed E-state index contributed by atoms with van der Waals surface area (Å²) in [5.74, 6) is 0.694. The van der Waals surface area contributed by atoms with Crippen molar-refractivity contribution < 1.29 is 9.53 Å². The fraction of sp³-hybridized carbons (Fsp3) is 0.235. The highest BCUT2D eigenvalue weighted by molar-refractivity contribution is 14.1. The molecule has 0 saturated carbocycles. The zero-order valence-corrected chi connectivity index (χ0v) is 14.3. The molecular weight excluding hydrogens is 377 g/mol. The molecule has 2 aromatic rings. The summed E-state index contributed by atoms with van der Waals surface area (Å²) in [6.45, 7) is 4.03. The van der Waals surface area contributed by atoms with Crippen LogP contribution in [0.5, 0.6) is 5.75 Å². The van der Waals surface area contributed by atoms with E-state index in [-0.39, 0.29) is 18.6 Å². The van der Waals surface area contributed by atoms with Crippen LogP contribution in [0.4, 0.5) is 5.69 Å². The highest BCUT2D eigenvalue weighted by Gasteiger charge is 2.19. The third-order valence-corrected chi connectivity index (χ3v) is 3.90. The van der Waals surface area contributed by atoms with E-state index >= 15 is 0 Å². The van der Waals surface area contributed by atoms with E-state index in [2.05, 4.69) is 22.6 Å². The predicted molar refractivity (Wildman–Crippen MR) is 93.7 cm³/mol. The number of benzene rings is 2. The lowest BCUT2D eigenvalue weighted by atomic mass is 10.2. The predicted octanol–water partition coefficient (Wildman–Crippen LogP) is 4.11. The third kappa shape index (κ3) is 4.20. The number of hydrogen-bond acceptors (Lipinski definition) is 2. The fourth-order valence-corrected chi connectivity index (χ4v) is 2.63. The second-order valence-corrected chi connectivity index (χ2v) is 6.07. The number of rotatable bonds is 5. The molecule has 0 N–H and O–H groups in total. The van der Waals surface area contributed by atoms with Gasteiger partial charge in [-0.1, -0.05) is 30.3 Å². The van der Waals surface area contributed by atoms with Gasteiger partial charge in [0.05, 0.1) is 3.57 Å². The van der Waals surface area contributed by atoms with Crippen molar-refractivity contribution in [3.8, 4) is 5.75 Å². The zero-order valence-electron chi connectivity index (χ0n) is 12.1. The Morgan fingerprint density at radius 2 is 1.71 bits per heavy atom. The number of anilines is 1. The second-order valence-electron chi connectivity index (χ2n) is 4.91. The first kappa shape index (κ1) is 15.8. The number of carbonyl (C=O) groups is 1. The minimum Gasteiger partial charge on any atom is -0.483 e. The first-order valence-electron chi connectivity index (χ1n) is 6.84. The molecule has 0 spiro atoms. The summed E-state index contributed by atoms with van der Waals surface area (Å²) in [5.41, 5.74) is 0.892. The topological polar surface area (TPSA) is 29.5 Å². The molecule has 1 amide bonds. The Labute approximate surface area is 139 Å². The highest BCUT2D eigenvalue weighted by Crippen LogP contribution is 2.21. The Bertz CT molecular complexity index is 599. The van der Waals surface area contributed by atoms with Crippen molar-refractivity contribution in [3.05, 3.63) is 58.2 Å². The van der Waals surface area contributed by atoms with Crippen LogP contribution in [0.2, 0.25) is 0 Å². The van der Waals surface area contributed by atoms with E-state index < -0.39 is 0 Å². The van der Waals surface area contributed by atoms with Crippen molar-refractivity contribution in [2.24, 2.45) is 0 Å². The first-order valence-corrected chi connectivity index (χ1v) is 7.92. The Morgan fingerprint density at radius 1 is 1.10 bits per heavy atom. The first-order chi connectivity index (χ1) is 10.1. The van der Waals surface area contributed by atoms with Gasteiger partial charge in [-0.05, 0) is 60.7 Å². The number of ether oxygens (including phenoxy) is 1. The monoisotopic (exact) mass is 395 g/mol. The van der Waals surface area contributed by atoms with Crippen LogP contribution in [0.1, 0.15) is 13.8 Å². The molecule has 2 rings (SSSR count). The van der Waals surface area contributed by atoms with Gasteiger partial charge in [0.2, 0.25) is 0 Å². The lowest BCUT2D eigenvalue weighted by Crippen LogP contribution is -2.40. The second kappa shape index (κ2) is 7.45. The number of carbonyl (C=O) groups excluding carboxylic acids is 1. The summed E-state index contributed by atoms with van der Waals surface area (Å²) in [4.78, 5) is 14.2. The molecule has 0 fully saturated rings. The summed E-state index contributed by atoms with van der Waals surface area (Å²) in [6, 6.07) is 17.4. The summed E-state index contributed by atoms with van der Waals surface area (Å²) < 4.78 is 6.65. The van der Waals surface area contributed by atoms with Gasteiger partial charge in [-0.3, -0.25) is 4.79 Å². The molecule has 0 saturated heterocycles. The maximum atomic E-state index is 12.5. The van der Waals surface area contributed by atoms with Gasteiger partial charge in [-0.15, -0.1) is 0 Å². The van der Waals surface area contributed by atoms with Gasteiger partial charge < -0.3 is 9.64 Å². The van der Waals surface area contributed by atoms with Gasteiger partial charge in [0, 0.05) is 11.7 Å². The fourth-order valence-electron chi connectivity index (χ4n) is 2.09. The summed E-state index contributed by atoms with van der Waals surface area (Å²) in [7, 11) is 0. The number of halogens is 1. The molecule has 0 heterocycles. The molecule has 0 unspecified atom stereocenters. The molecule has 21 heavy (non-hydrogen) atoms. The van der Waals surface area contributed by atoms with Crippen LogP contribution >= 0.6 is 22.6 Å². The smallest absolute Gasteiger partial charge is 0.265 e. The Morgan fingerprint density at radius 3 is 2.33 bits per heavy atom. The van der Waals surface area contributed by atoms with Crippen molar-refractivity contribution in [3.63, 3.8) is 0 Å². The van der Waals surface area contributed by atoms with Crippen LogP contribution < -0.4 is 9.64 Å². The lowest BCUT2D eigenvalue weighted by Gasteiger charge is -2.27. The number of nitrogens with zero attached hydrogens (tertiary/aromatic N) is 1. The van der Waals surface area contributed by atoms with Crippen molar-refractivity contribution in [1.82, 2.24) is 0 Å². The molecule has 0 bridgehead atoms. The Kier molecular flexibility index (Phi) is 5.61. The van der Waals surface area contributed by atoms with Crippen LogP contribution in [0.3, 0.4) is 0 Å². The SMILES string of the molecule is CC(C)N(C(=O)COc1ccccc1I)c1ccccc1.